The highest BCUT2D eigenvalue weighted by Crippen LogP contribution is 2.56. The van der Waals surface area contributed by atoms with Gasteiger partial charge < -0.3 is 20.0 Å². The number of nitrogens with zero attached hydrogens (tertiary/aromatic N) is 2. The van der Waals surface area contributed by atoms with E-state index in [-0.39, 0.29) is 53.0 Å². The number of anilines is 2. The monoisotopic (exact) mass is 780 g/mol. The largest absolute Gasteiger partial charge is 0.478 e. The number of hydrogen-bond acceptors (Lipinski definition) is 4. The summed E-state index contributed by atoms with van der Waals surface area (Å²) in [5.41, 5.74) is 5.65. The summed E-state index contributed by atoms with van der Waals surface area (Å²) < 4.78 is 25.5. The third-order valence-electron chi connectivity index (χ3n) is 9.88. The van der Waals surface area contributed by atoms with Crippen LogP contribution in [0.1, 0.15) is 74.1 Å². The van der Waals surface area contributed by atoms with Crippen molar-refractivity contribution in [3.8, 4) is 0 Å². The number of halogens is 2. The fourth-order valence-electron chi connectivity index (χ4n) is 6.74. The predicted molar refractivity (Wildman–Crippen MR) is 219 cm³/mol. The molecule has 6 aromatic carbocycles. The van der Waals surface area contributed by atoms with E-state index < -0.39 is 11.9 Å². The van der Waals surface area contributed by atoms with Crippen molar-refractivity contribution in [3.05, 3.63) is 203 Å². The van der Waals surface area contributed by atoms with Gasteiger partial charge in [0.1, 0.15) is 11.6 Å². The lowest BCUT2D eigenvalue weighted by atomic mass is 10.0. The Balaban J connectivity index is 0.000000172. The van der Waals surface area contributed by atoms with Crippen molar-refractivity contribution in [3.63, 3.8) is 0 Å². The molecule has 8 nitrogen and oxygen atoms in total. The van der Waals surface area contributed by atoms with Gasteiger partial charge in [-0.25, -0.2) is 18.4 Å². The summed E-state index contributed by atoms with van der Waals surface area (Å²) in [6.45, 7) is 0.666. The Bertz CT molecular complexity index is 2350. The maximum Gasteiger partial charge on any atom is 0.335 e. The molecule has 0 radical (unpaired) electrons. The van der Waals surface area contributed by atoms with Crippen LogP contribution in [0, 0.1) is 17.6 Å². The van der Waals surface area contributed by atoms with Gasteiger partial charge in [-0.05, 0) is 120 Å². The van der Waals surface area contributed by atoms with Gasteiger partial charge in [-0.15, -0.1) is 0 Å². The lowest BCUT2D eigenvalue weighted by molar-refractivity contribution is -0.120. The van der Waals surface area contributed by atoms with Gasteiger partial charge in [0.15, 0.2) is 0 Å². The molecule has 2 N–H and O–H groups in total. The van der Waals surface area contributed by atoms with Crippen LogP contribution in [0.2, 0.25) is 0 Å². The van der Waals surface area contributed by atoms with Gasteiger partial charge in [-0.3, -0.25) is 9.59 Å². The number of benzene rings is 6. The summed E-state index contributed by atoms with van der Waals surface area (Å²) in [4.78, 5) is 50.1. The van der Waals surface area contributed by atoms with Crippen LogP contribution in [-0.2, 0) is 22.7 Å². The molecule has 2 aliphatic rings. The average Bonchev–Trinajstić information content (AvgIpc) is 4.19. The molecule has 2 amide bonds. The predicted octanol–water partition coefficient (Wildman–Crippen LogP) is 10.1. The summed E-state index contributed by atoms with van der Waals surface area (Å²) in [6.07, 6.45) is 3.56. The molecule has 6 aromatic rings. The first-order valence-corrected chi connectivity index (χ1v) is 18.9. The molecule has 8 rings (SSSR count). The second-order valence-corrected chi connectivity index (χ2v) is 14.1. The summed E-state index contributed by atoms with van der Waals surface area (Å²) in [6, 6.07) is 45.2. The number of rotatable bonds is 12. The summed E-state index contributed by atoms with van der Waals surface area (Å²) >= 11 is 0. The van der Waals surface area contributed by atoms with E-state index in [9.17, 15) is 33.1 Å². The number of hydrogen-bond donors (Lipinski definition) is 2. The van der Waals surface area contributed by atoms with Gasteiger partial charge in [0, 0.05) is 17.3 Å². The zero-order chi connectivity index (χ0) is 41.0. The Labute approximate surface area is 335 Å². The normalized spacial score (nSPS) is 15.0. The van der Waals surface area contributed by atoms with E-state index >= 15 is 0 Å². The lowest BCUT2D eigenvalue weighted by Crippen LogP contribution is -2.31. The van der Waals surface area contributed by atoms with Crippen LogP contribution >= 0.6 is 0 Å². The Morgan fingerprint density at radius 2 is 1.16 bits per heavy atom. The zero-order valence-corrected chi connectivity index (χ0v) is 31.5. The smallest absolute Gasteiger partial charge is 0.335 e. The molecule has 2 fully saturated rings. The fraction of sp³-hybridized carbons (Fsp3) is 0.167. The highest BCUT2D eigenvalue weighted by molar-refractivity contribution is 5.96. The summed E-state index contributed by atoms with van der Waals surface area (Å²) in [5, 5.41) is 18.3. The van der Waals surface area contributed by atoms with Crippen molar-refractivity contribution in [2.75, 3.05) is 9.80 Å². The van der Waals surface area contributed by atoms with E-state index in [1.807, 2.05) is 66.7 Å². The molecule has 0 heterocycles. The van der Waals surface area contributed by atoms with Crippen molar-refractivity contribution >= 4 is 35.6 Å². The Hall–Kier alpha value is -6.94. The minimum Gasteiger partial charge on any atom is -0.478 e. The molecule has 0 aliphatic heterocycles. The number of aromatic carboxylic acids is 2. The van der Waals surface area contributed by atoms with Gasteiger partial charge >= 0.3 is 11.9 Å². The molecular weight excluding hydrogens is 739 g/mol. The molecule has 294 valence electrons. The van der Waals surface area contributed by atoms with Gasteiger partial charge in [0.25, 0.3) is 0 Å². The van der Waals surface area contributed by atoms with Crippen LogP contribution in [0.4, 0.5) is 20.2 Å². The fourth-order valence-corrected chi connectivity index (χ4v) is 6.74. The molecule has 0 bridgehead atoms. The second kappa shape index (κ2) is 19.3. The quantitative estimate of drug-likeness (QED) is 0.120. The van der Waals surface area contributed by atoms with Crippen molar-refractivity contribution in [1.82, 2.24) is 0 Å². The van der Waals surface area contributed by atoms with Crippen LogP contribution in [0.5, 0.6) is 0 Å². The van der Waals surface area contributed by atoms with Gasteiger partial charge in [-0.1, -0.05) is 91.0 Å². The molecule has 0 aromatic heterocycles. The van der Waals surface area contributed by atoms with Crippen molar-refractivity contribution in [2.45, 2.75) is 44.2 Å². The number of carbonyl (C=O) groups is 4. The molecule has 2 unspecified atom stereocenters. The van der Waals surface area contributed by atoms with Gasteiger partial charge in [-0.2, -0.15) is 0 Å². The molecular formula is C48H42F2N2O6. The van der Waals surface area contributed by atoms with Gasteiger partial charge in [0.05, 0.1) is 24.2 Å². The molecule has 58 heavy (non-hydrogen) atoms. The Kier molecular flexibility index (Phi) is 13.5. The van der Waals surface area contributed by atoms with Crippen LogP contribution in [0.3, 0.4) is 0 Å². The third kappa shape index (κ3) is 11.1. The second-order valence-electron chi connectivity index (χ2n) is 14.1. The maximum absolute atomic E-state index is 13.6. The molecule has 0 saturated heterocycles. The minimum absolute atomic E-state index is 0.114. The first-order chi connectivity index (χ1) is 28.1. The number of carboxylic acid groups (broad SMARTS) is 2. The molecule has 10 heteroatoms. The first kappa shape index (κ1) is 40.7. The highest BCUT2D eigenvalue weighted by Gasteiger charge is 2.41. The summed E-state index contributed by atoms with van der Waals surface area (Å²) in [5.74, 6) is -1.69. The maximum atomic E-state index is 13.6. The van der Waals surface area contributed by atoms with Crippen molar-refractivity contribution in [2.24, 2.45) is 5.92 Å². The third-order valence-corrected chi connectivity index (χ3v) is 9.88. The van der Waals surface area contributed by atoms with Crippen LogP contribution in [0.25, 0.3) is 0 Å². The van der Waals surface area contributed by atoms with E-state index in [4.69, 9.17) is 5.11 Å². The topological polar surface area (TPSA) is 115 Å². The Morgan fingerprint density at radius 1 is 0.603 bits per heavy atom. The van der Waals surface area contributed by atoms with Crippen LogP contribution < -0.4 is 9.80 Å². The summed E-state index contributed by atoms with van der Waals surface area (Å²) in [7, 11) is 0. The molecule has 0 spiro atoms. The highest BCUT2D eigenvalue weighted by atomic mass is 19.1. The van der Waals surface area contributed by atoms with Crippen LogP contribution in [0.15, 0.2) is 158 Å². The standard InChI is InChI=1S/C24H20FNO3.C18H17NO3.C6H5F/c25-19-8-4-6-17(12-19)21-13-22(21)20-9-1-2-10-23(20)26(15-27)14-16-5-3-7-18(11-16)24(28)29;20-17(14-9-10-14)19(16-7-2-1-3-8-16)12-13-5-4-6-15(11-13)18(21)22;7-6-4-2-1-3-5-6/h1-12,15,21-22H,13-14H2,(H,28,29);1-8,11,14H,9-10,12H2,(H,21,22);1-5H. The first-order valence-electron chi connectivity index (χ1n) is 18.9. The minimum atomic E-state index is -0.999. The van der Waals surface area contributed by atoms with E-state index in [0.717, 1.165) is 59.3 Å². The molecule has 2 saturated carbocycles. The van der Waals surface area contributed by atoms with Crippen LogP contribution in [-0.4, -0.2) is 34.5 Å². The zero-order valence-electron chi connectivity index (χ0n) is 31.5. The van der Waals surface area contributed by atoms with E-state index in [1.165, 1.54) is 24.3 Å². The Morgan fingerprint density at radius 3 is 1.71 bits per heavy atom. The van der Waals surface area contributed by atoms with E-state index in [2.05, 4.69) is 0 Å². The van der Waals surface area contributed by atoms with Crippen molar-refractivity contribution in [1.29, 1.82) is 0 Å². The number of amides is 2. The SMILES string of the molecule is Fc1ccccc1.O=C(O)c1cccc(CN(C(=O)C2CC2)c2ccccc2)c1.O=CN(Cc1cccc(C(=O)O)c1)c1ccccc1C1CC1c1cccc(F)c1. The molecule has 2 aliphatic carbocycles. The number of para-hydroxylation sites is 2. The van der Waals surface area contributed by atoms with Gasteiger partial charge in [0.2, 0.25) is 12.3 Å². The van der Waals surface area contributed by atoms with E-state index in [0.29, 0.717) is 6.54 Å². The molecule has 2 atom stereocenters. The number of carboxylic acids is 2. The van der Waals surface area contributed by atoms with Crippen molar-refractivity contribution < 1.29 is 38.2 Å². The number of carbonyl (C=O) groups excluding carboxylic acids is 2. The lowest BCUT2D eigenvalue weighted by Gasteiger charge is -2.23. The van der Waals surface area contributed by atoms with E-state index in [1.54, 1.807) is 76.5 Å². The average molecular weight is 781 g/mol.